The molecule has 0 aromatic heterocycles. The van der Waals surface area contributed by atoms with E-state index < -0.39 is 0 Å². The maximum absolute atomic E-state index is 11.8. The van der Waals surface area contributed by atoms with Gasteiger partial charge in [-0.05, 0) is 32.1 Å². The molecule has 35 heavy (non-hydrogen) atoms. The van der Waals surface area contributed by atoms with Gasteiger partial charge in [0, 0.05) is 25.4 Å². The molecule has 2 unspecified atom stereocenters. The Bertz CT molecular complexity index is 619. The Hall–Kier alpha value is -1.70. The summed E-state index contributed by atoms with van der Waals surface area (Å²) in [6, 6.07) is 0.165. The monoisotopic (exact) mass is 498 g/mol. The zero-order valence-electron chi connectivity index (χ0n) is 21.9. The lowest BCUT2D eigenvalue weighted by atomic mass is 10.1. The molecule has 9 nitrogen and oxygen atoms in total. The Labute approximate surface area is 211 Å². The molecule has 2 amide bonds. The number of nitrogens with one attached hydrogen (secondary N) is 2. The van der Waals surface area contributed by atoms with E-state index in [0.29, 0.717) is 71.7 Å². The summed E-state index contributed by atoms with van der Waals surface area (Å²) in [5, 5.41) is 5.72. The summed E-state index contributed by atoms with van der Waals surface area (Å²) in [5.41, 5.74) is 0. The van der Waals surface area contributed by atoms with Gasteiger partial charge in [-0.1, -0.05) is 26.2 Å². The molecule has 1 aliphatic carbocycles. The largest absolute Gasteiger partial charge is 0.379 e. The van der Waals surface area contributed by atoms with Crippen molar-refractivity contribution in [3.05, 3.63) is 0 Å². The summed E-state index contributed by atoms with van der Waals surface area (Å²) in [4.78, 5) is 23.6. The van der Waals surface area contributed by atoms with E-state index in [0.717, 1.165) is 25.7 Å². The van der Waals surface area contributed by atoms with Crippen molar-refractivity contribution < 1.29 is 33.3 Å². The van der Waals surface area contributed by atoms with Gasteiger partial charge in [0.15, 0.2) is 0 Å². The van der Waals surface area contributed by atoms with Gasteiger partial charge in [-0.2, -0.15) is 0 Å². The van der Waals surface area contributed by atoms with Crippen LogP contribution in [0.3, 0.4) is 0 Å². The standard InChI is InChI=1S/C26H46N2O7/c1-22(2)23(3)28-25(29)11-13-31-15-17-33-19-20-34-18-16-32-14-12-27-26(30)21-35-24-9-7-5-4-6-8-10-24/h22-24H,4-7,9,11-21H2,1-3H3,(H,27,30)(H,28,29). The van der Waals surface area contributed by atoms with Crippen molar-refractivity contribution in [3.8, 4) is 11.8 Å². The molecule has 2 atom stereocenters. The summed E-state index contributed by atoms with van der Waals surface area (Å²) in [6.07, 6.45) is 5.43. The van der Waals surface area contributed by atoms with Crippen LogP contribution in [0.1, 0.15) is 59.3 Å². The highest BCUT2D eigenvalue weighted by atomic mass is 16.6. The molecule has 202 valence electrons. The van der Waals surface area contributed by atoms with Crippen molar-refractivity contribution in [2.24, 2.45) is 5.92 Å². The van der Waals surface area contributed by atoms with Crippen LogP contribution < -0.4 is 10.6 Å². The molecule has 0 heterocycles. The number of carbonyl (C=O) groups excluding carboxylic acids is 2. The van der Waals surface area contributed by atoms with Crippen molar-refractivity contribution in [2.45, 2.75) is 71.4 Å². The maximum atomic E-state index is 11.8. The first-order valence-electron chi connectivity index (χ1n) is 13.0. The first kappa shape index (κ1) is 31.3. The van der Waals surface area contributed by atoms with Crippen LogP contribution in [0.5, 0.6) is 0 Å². The van der Waals surface area contributed by atoms with Gasteiger partial charge >= 0.3 is 0 Å². The van der Waals surface area contributed by atoms with Crippen molar-refractivity contribution in [3.63, 3.8) is 0 Å². The molecule has 0 bridgehead atoms. The molecule has 0 saturated heterocycles. The molecular weight excluding hydrogens is 452 g/mol. The van der Waals surface area contributed by atoms with Gasteiger partial charge in [0.1, 0.15) is 12.7 Å². The van der Waals surface area contributed by atoms with Crippen LogP contribution in [0.25, 0.3) is 0 Å². The van der Waals surface area contributed by atoms with Crippen LogP contribution >= 0.6 is 0 Å². The number of rotatable bonds is 20. The molecule has 1 rings (SSSR count). The van der Waals surface area contributed by atoms with E-state index in [1.807, 2.05) is 6.92 Å². The van der Waals surface area contributed by atoms with Crippen LogP contribution in [0, 0.1) is 17.8 Å². The van der Waals surface area contributed by atoms with Crippen LogP contribution in [-0.2, 0) is 33.3 Å². The van der Waals surface area contributed by atoms with Gasteiger partial charge in [0.25, 0.3) is 0 Å². The Morgan fingerprint density at radius 2 is 1.46 bits per heavy atom. The average Bonchev–Trinajstić information content (AvgIpc) is 2.80. The maximum Gasteiger partial charge on any atom is 0.246 e. The van der Waals surface area contributed by atoms with E-state index in [2.05, 4.69) is 36.3 Å². The van der Waals surface area contributed by atoms with Crippen molar-refractivity contribution >= 4 is 11.8 Å². The second-order valence-electron chi connectivity index (χ2n) is 8.87. The summed E-state index contributed by atoms with van der Waals surface area (Å²) < 4.78 is 27.3. The predicted molar refractivity (Wildman–Crippen MR) is 134 cm³/mol. The Kier molecular flexibility index (Phi) is 19.3. The fourth-order valence-electron chi connectivity index (χ4n) is 3.01. The van der Waals surface area contributed by atoms with Crippen LogP contribution in [0.2, 0.25) is 0 Å². The van der Waals surface area contributed by atoms with E-state index in [-0.39, 0.29) is 30.6 Å². The normalized spacial score (nSPS) is 16.6. The number of hydrogen-bond donors (Lipinski definition) is 2. The van der Waals surface area contributed by atoms with Crippen molar-refractivity contribution in [1.82, 2.24) is 10.6 Å². The molecule has 0 spiro atoms. The first-order valence-corrected chi connectivity index (χ1v) is 13.0. The van der Waals surface area contributed by atoms with E-state index in [4.69, 9.17) is 23.7 Å². The average molecular weight is 499 g/mol. The minimum Gasteiger partial charge on any atom is -0.379 e. The molecule has 9 heteroatoms. The van der Waals surface area contributed by atoms with Gasteiger partial charge in [-0.3, -0.25) is 9.59 Å². The third kappa shape index (κ3) is 19.2. The lowest BCUT2D eigenvalue weighted by Crippen LogP contribution is -2.36. The number of amides is 2. The van der Waals surface area contributed by atoms with Crippen LogP contribution in [0.15, 0.2) is 0 Å². The highest BCUT2D eigenvalue weighted by Crippen LogP contribution is 2.10. The van der Waals surface area contributed by atoms with Crippen molar-refractivity contribution in [1.29, 1.82) is 0 Å². The van der Waals surface area contributed by atoms with E-state index in [1.54, 1.807) is 0 Å². The van der Waals surface area contributed by atoms with Crippen LogP contribution in [0.4, 0.5) is 0 Å². The second-order valence-corrected chi connectivity index (χ2v) is 8.87. The second kappa shape index (κ2) is 21.6. The fraction of sp³-hybridized carbons (Fsp3) is 0.846. The smallest absolute Gasteiger partial charge is 0.246 e. The van der Waals surface area contributed by atoms with Gasteiger partial charge in [0.2, 0.25) is 11.8 Å². The molecule has 0 aliphatic heterocycles. The Morgan fingerprint density at radius 1 is 0.829 bits per heavy atom. The summed E-state index contributed by atoms with van der Waals surface area (Å²) >= 11 is 0. The van der Waals surface area contributed by atoms with Gasteiger partial charge in [0.05, 0.1) is 52.9 Å². The fourth-order valence-corrected chi connectivity index (χ4v) is 3.01. The first-order chi connectivity index (χ1) is 17.0. The summed E-state index contributed by atoms with van der Waals surface area (Å²) in [6.45, 7) is 10.2. The Morgan fingerprint density at radius 3 is 2.11 bits per heavy atom. The minimum absolute atomic E-state index is 0.00904. The van der Waals surface area contributed by atoms with E-state index in [1.165, 1.54) is 6.42 Å². The van der Waals surface area contributed by atoms with Gasteiger partial charge in [-0.15, -0.1) is 5.92 Å². The third-order valence-electron chi connectivity index (χ3n) is 5.49. The molecule has 1 aliphatic rings. The SMILES string of the molecule is CC(C)C(C)NC(=O)CCOCCOCCOCCOCCNC(=O)COC1C#CCCCCC1. The third-order valence-corrected chi connectivity index (χ3v) is 5.49. The molecule has 0 aromatic rings. The molecule has 2 N–H and O–H groups in total. The highest BCUT2D eigenvalue weighted by molar-refractivity contribution is 5.77. The molecular formula is C26H46N2O7. The number of carbonyl (C=O) groups is 2. The topological polar surface area (TPSA) is 104 Å². The van der Waals surface area contributed by atoms with Gasteiger partial charge in [-0.25, -0.2) is 0 Å². The highest BCUT2D eigenvalue weighted by Gasteiger charge is 2.11. The minimum atomic E-state index is -0.154. The zero-order chi connectivity index (χ0) is 25.6. The predicted octanol–water partition coefficient (Wildman–Crippen LogP) is 2.07. The zero-order valence-corrected chi connectivity index (χ0v) is 21.9. The van der Waals surface area contributed by atoms with Crippen molar-refractivity contribution in [2.75, 3.05) is 66.0 Å². The quantitative estimate of drug-likeness (QED) is 0.196. The lowest BCUT2D eigenvalue weighted by molar-refractivity contribution is -0.127. The van der Waals surface area contributed by atoms with E-state index >= 15 is 0 Å². The summed E-state index contributed by atoms with van der Waals surface area (Å²) in [5.74, 6) is 6.46. The van der Waals surface area contributed by atoms with E-state index in [9.17, 15) is 9.59 Å². The molecule has 0 aromatic carbocycles. The van der Waals surface area contributed by atoms with Crippen LogP contribution in [-0.4, -0.2) is 90.0 Å². The molecule has 0 fully saturated rings. The number of hydrogen-bond acceptors (Lipinski definition) is 7. The lowest BCUT2D eigenvalue weighted by Gasteiger charge is -2.17. The summed E-state index contributed by atoms with van der Waals surface area (Å²) in [7, 11) is 0. The Balaban J connectivity index is 1.80. The molecule has 0 saturated carbocycles. The number of ether oxygens (including phenoxy) is 5. The molecule has 0 radical (unpaired) electrons. The van der Waals surface area contributed by atoms with Gasteiger partial charge < -0.3 is 34.3 Å².